The van der Waals surface area contributed by atoms with Crippen molar-refractivity contribution in [1.29, 1.82) is 0 Å². The summed E-state index contributed by atoms with van der Waals surface area (Å²) < 4.78 is 23.4. The van der Waals surface area contributed by atoms with Gasteiger partial charge in [-0.1, -0.05) is 34.1 Å². The topological polar surface area (TPSA) is 66.4 Å². The van der Waals surface area contributed by atoms with Crippen molar-refractivity contribution in [2.75, 3.05) is 6.79 Å². The fourth-order valence-electron chi connectivity index (χ4n) is 3.73. The molecule has 0 aliphatic carbocycles. The Bertz CT molecular complexity index is 1370. The first-order chi connectivity index (χ1) is 15.7. The quantitative estimate of drug-likeness (QED) is 0.361. The molecular formula is C25H14BrNO5. The highest BCUT2D eigenvalue weighted by Crippen LogP contribution is 2.43. The number of hydrogen-bond donors (Lipinski definition) is 0. The molecule has 3 aromatic carbocycles. The van der Waals surface area contributed by atoms with Gasteiger partial charge < -0.3 is 18.9 Å². The largest absolute Gasteiger partial charge is 0.456 e. The van der Waals surface area contributed by atoms with E-state index in [1.807, 2.05) is 66.7 Å². The van der Waals surface area contributed by atoms with Crippen molar-refractivity contribution in [3.8, 4) is 17.2 Å². The highest BCUT2D eigenvalue weighted by Gasteiger charge is 2.31. The summed E-state index contributed by atoms with van der Waals surface area (Å²) in [6.45, 7) is 0.188. The lowest BCUT2D eigenvalue weighted by Crippen LogP contribution is -2.08. The highest BCUT2D eigenvalue weighted by atomic mass is 79.9. The van der Waals surface area contributed by atoms with Crippen LogP contribution < -0.4 is 14.2 Å². The summed E-state index contributed by atoms with van der Waals surface area (Å²) in [6, 6.07) is 20.5. The van der Waals surface area contributed by atoms with Gasteiger partial charge in [0.15, 0.2) is 17.2 Å². The molecule has 156 valence electrons. The first-order valence-electron chi connectivity index (χ1n) is 9.86. The Balaban J connectivity index is 1.52. The van der Waals surface area contributed by atoms with E-state index in [1.165, 1.54) is 0 Å². The minimum absolute atomic E-state index is 0.188. The Morgan fingerprint density at radius 3 is 2.50 bits per heavy atom. The molecule has 3 heterocycles. The van der Waals surface area contributed by atoms with Crippen LogP contribution in [0, 0.1) is 0 Å². The van der Waals surface area contributed by atoms with Gasteiger partial charge in [0.2, 0.25) is 12.7 Å². The lowest BCUT2D eigenvalue weighted by molar-refractivity contribution is -0.129. The first kappa shape index (κ1) is 18.9. The van der Waals surface area contributed by atoms with Gasteiger partial charge in [-0.2, -0.15) is 0 Å². The molecule has 0 fully saturated rings. The van der Waals surface area contributed by atoms with Crippen molar-refractivity contribution >= 4 is 39.1 Å². The molecular weight excluding hydrogens is 474 g/mol. The Hall–Kier alpha value is -3.84. The maximum Gasteiger partial charge on any atom is 0.364 e. The van der Waals surface area contributed by atoms with Crippen molar-refractivity contribution in [3.05, 3.63) is 99.7 Å². The zero-order valence-electron chi connectivity index (χ0n) is 16.5. The number of allylic oxidation sites excluding steroid dienone is 2. The van der Waals surface area contributed by atoms with Crippen molar-refractivity contribution < 1.29 is 23.7 Å². The Morgan fingerprint density at radius 2 is 1.62 bits per heavy atom. The molecule has 3 aliphatic rings. The number of esters is 1. The van der Waals surface area contributed by atoms with Gasteiger partial charge in [0, 0.05) is 26.7 Å². The van der Waals surface area contributed by atoms with Crippen LogP contribution in [0.1, 0.15) is 16.7 Å². The van der Waals surface area contributed by atoms with E-state index in [9.17, 15) is 4.79 Å². The van der Waals surface area contributed by atoms with Crippen LogP contribution in [-0.2, 0) is 9.53 Å². The van der Waals surface area contributed by atoms with Gasteiger partial charge in [0.25, 0.3) is 0 Å². The molecule has 6 rings (SSSR count). The number of benzene rings is 3. The molecule has 3 aliphatic heterocycles. The monoisotopic (exact) mass is 487 g/mol. The smallest absolute Gasteiger partial charge is 0.364 e. The van der Waals surface area contributed by atoms with E-state index in [-0.39, 0.29) is 18.4 Å². The molecule has 6 nitrogen and oxygen atoms in total. The number of nitrogens with zero attached hydrogens (tertiary/aromatic N) is 1. The maximum atomic E-state index is 12.8. The lowest BCUT2D eigenvalue weighted by Gasteiger charge is -2.21. The third kappa shape index (κ3) is 3.18. The number of aliphatic imine (C=N–C) groups is 1. The summed E-state index contributed by atoms with van der Waals surface area (Å²) >= 11 is 3.50. The summed E-state index contributed by atoms with van der Waals surface area (Å²) in [7, 11) is 0. The maximum absolute atomic E-state index is 12.8. The minimum Gasteiger partial charge on any atom is -0.456 e. The van der Waals surface area contributed by atoms with Gasteiger partial charge in [-0.15, -0.1) is 0 Å². The zero-order valence-corrected chi connectivity index (χ0v) is 18.1. The predicted molar refractivity (Wildman–Crippen MR) is 121 cm³/mol. The number of fused-ring (bicyclic) bond motifs is 2. The second-order valence-electron chi connectivity index (χ2n) is 7.25. The van der Waals surface area contributed by atoms with Gasteiger partial charge in [-0.05, 0) is 54.6 Å². The predicted octanol–water partition coefficient (Wildman–Crippen LogP) is 5.33. The molecule has 0 radical (unpaired) electrons. The zero-order chi connectivity index (χ0) is 21.7. The normalized spacial score (nSPS) is 18.5. The van der Waals surface area contributed by atoms with Gasteiger partial charge in [-0.25, -0.2) is 9.79 Å². The van der Waals surface area contributed by atoms with E-state index in [2.05, 4.69) is 20.9 Å². The highest BCUT2D eigenvalue weighted by molar-refractivity contribution is 9.10. The number of carbonyl (C=O) groups excluding carboxylic acids is 1. The average Bonchev–Trinajstić information content (AvgIpc) is 3.45. The fourth-order valence-corrected chi connectivity index (χ4v) is 4.09. The summed E-state index contributed by atoms with van der Waals surface area (Å²) in [6.07, 6.45) is 1.81. The number of carbonyl (C=O) groups is 1. The molecule has 0 spiro atoms. The Kier molecular flexibility index (Phi) is 4.36. The number of rotatable bonds is 2. The second kappa shape index (κ2) is 7.39. The van der Waals surface area contributed by atoms with Crippen LogP contribution in [0.4, 0.5) is 0 Å². The van der Waals surface area contributed by atoms with Crippen molar-refractivity contribution in [1.82, 2.24) is 0 Å². The third-order valence-corrected chi connectivity index (χ3v) is 5.75. The van der Waals surface area contributed by atoms with Gasteiger partial charge in [-0.3, -0.25) is 0 Å². The van der Waals surface area contributed by atoms with Crippen LogP contribution in [0.25, 0.3) is 11.3 Å². The number of cyclic esters (lactones) is 1. The van der Waals surface area contributed by atoms with Crippen LogP contribution in [0.2, 0.25) is 0 Å². The minimum atomic E-state index is -0.507. The van der Waals surface area contributed by atoms with Crippen LogP contribution in [-0.4, -0.2) is 18.7 Å². The molecule has 3 aromatic rings. The summed E-state index contributed by atoms with van der Waals surface area (Å²) in [5.74, 6) is 2.28. The molecule has 0 saturated heterocycles. The van der Waals surface area contributed by atoms with E-state index < -0.39 is 5.97 Å². The average molecular weight is 488 g/mol. The van der Waals surface area contributed by atoms with E-state index in [4.69, 9.17) is 18.9 Å². The molecule has 0 saturated carbocycles. The van der Waals surface area contributed by atoms with Gasteiger partial charge >= 0.3 is 5.97 Å². The molecule has 0 amide bonds. The summed E-state index contributed by atoms with van der Waals surface area (Å²) in [5, 5.41) is 0. The second-order valence-corrected chi connectivity index (χ2v) is 8.17. The lowest BCUT2D eigenvalue weighted by atomic mass is 9.97. The first-order valence-corrected chi connectivity index (χ1v) is 10.6. The van der Waals surface area contributed by atoms with Crippen molar-refractivity contribution in [3.63, 3.8) is 0 Å². The Labute approximate surface area is 191 Å². The number of hydrogen-bond acceptors (Lipinski definition) is 6. The van der Waals surface area contributed by atoms with E-state index in [1.54, 1.807) is 6.08 Å². The SMILES string of the molecule is O=C1OC(c2ccccc2)=NC1=C1C=C(c2ccc3c(c2)OCO3)Oc2ccc(Br)cc21. The van der Waals surface area contributed by atoms with Crippen molar-refractivity contribution in [2.45, 2.75) is 0 Å². The van der Waals surface area contributed by atoms with Crippen molar-refractivity contribution in [2.24, 2.45) is 4.99 Å². The number of halogens is 1. The number of ether oxygens (including phenoxy) is 4. The van der Waals surface area contributed by atoms with Crippen LogP contribution in [0.5, 0.6) is 17.2 Å². The van der Waals surface area contributed by atoms with E-state index >= 15 is 0 Å². The van der Waals surface area contributed by atoms with Crippen LogP contribution in [0.15, 0.2) is 88.0 Å². The molecule has 0 N–H and O–H groups in total. The van der Waals surface area contributed by atoms with Crippen LogP contribution in [0.3, 0.4) is 0 Å². The van der Waals surface area contributed by atoms with E-state index in [0.29, 0.717) is 28.6 Å². The molecule has 32 heavy (non-hydrogen) atoms. The van der Waals surface area contributed by atoms with E-state index in [0.717, 1.165) is 21.2 Å². The van der Waals surface area contributed by atoms with Gasteiger partial charge in [0.05, 0.1) is 0 Å². The molecule has 0 bridgehead atoms. The summed E-state index contributed by atoms with van der Waals surface area (Å²) in [5.41, 5.74) is 3.12. The fraction of sp³-hybridized carbons (Fsp3) is 0.0400. The molecule has 7 heteroatoms. The standard InChI is InChI=1S/C25H14BrNO5/c26-16-7-9-19-17(11-16)18(23-25(28)32-24(27-23)14-4-2-1-3-5-14)12-21(31-19)15-6-8-20-22(10-15)30-13-29-20/h1-12H,13H2. The molecule has 0 aromatic heterocycles. The Morgan fingerprint density at radius 1 is 0.812 bits per heavy atom. The third-order valence-electron chi connectivity index (χ3n) is 5.26. The molecule has 0 atom stereocenters. The summed E-state index contributed by atoms with van der Waals surface area (Å²) in [4.78, 5) is 17.4. The van der Waals surface area contributed by atoms with Gasteiger partial charge in [0.1, 0.15) is 11.5 Å². The molecule has 0 unspecified atom stereocenters. The van der Waals surface area contributed by atoms with Crippen LogP contribution >= 0.6 is 15.9 Å².